The van der Waals surface area contributed by atoms with Crippen molar-refractivity contribution in [1.82, 2.24) is 0 Å². The summed E-state index contributed by atoms with van der Waals surface area (Å²) in [6.07, 6.45) is 2.87. The van der Waals surface area contributed by atoms with Gasteiger partial charge >= 0.3 is 5.97 Å². The Balaban J connectivity index is 3.36. The van der Waals surface area contributed by atoms with Crippen molar-refractivity contribution in [1.29, 1.82) is 0 Å². The molecule has 0 unspecified atom stereocenters. The first kappa shape index (κ1) is 8.88. The monoisotopic (exact) mass is 142 g/mol. The van der Waals surface area contributed by atoms with Gasteiger partial charge in [0.25, 0.3) is 0 Å². The predicted molar refractivity (Wildman–Crippen MR) is 36.5 cm³/mol. The predicted octanol–water partition coefficient (Wildman–Crippen LogP) is 0.695. The van der Waals surface area contributed by atoms with E-state index in [0.717, 1.165) is 0 Å². The summed E-state index contributed by atoms with van der Waals surface area (Å²) in [5.74, 6) is -0.389. The zero-order chi connectivity index (χ0) is 7.98. The van der Waals surface area contributed by atoms with Crippen LogP contribution in [0.1, 0.15) is 13.8 Å². The quantitative estimate of drug-likeness (QED) is 0.430. The molecular formula is C7H10O3. The van der Waals surface area contributed by atoms with Crippen LogP contribution in [0, 0.1) is 0 Å². The van der Waals surface area contributed by atoms with Crippen LogP contribution in [0.4, 0.5) is 0 Å². The highest BCUT2D eigenvalue weighted by Gasteiger charge is 1.87. The van der Waals surface area contributed by atoms with Crippen LogP contribution >= 0.6 is 0 Å². The lowest BCUT2D eigenvalue weighted by molar-refractivity contribution is -0.139. The van der Waals surface area contributed by atoms with Crippen LogP contribution in [0.15, 0.2) is 12.2 Å². The topological polar surface area (TPSA) is 43.4 Å². The molecule has 0 heterocycles. The lowest BCUT2D eigenvalue weighted by atomic mass is 10.4. The summed E-state index contributed by atoms with van der Waals surface area (Å²) in [7, 11) is 0. The van der Waals surface area contributed by atoms with Gasteiger partial charge in [-0.15, -0.1) is 0 Å². The first-order valence-electron chi connectivity index (χ1n) is 2.93. The second-order valence-corrected chi connectivity index (χ2v) is 1.82. The molecule has 0 aliphatic carbocycles. The minimum atomic E-state index is -0.340. The lowest BCUT2D eigenvalue weighted by Gasteiger charge is -1.92. The van der Waals surface area contributed by atoms with Gasteiger partial charge in [-0.2, -0.15) is 0 Å². The van der Waals surface area contributed by atoms with E-state index in [-0.39, 0.29) is 18.4 Å². The van der Waals surface area contributed by atoms with Crippen LogP contribution < -0.4 is 0 Å². The zero-order valence-electron chi connectivity index (χ0n) is 6.09. The molecule has 10 heavy (non-hydrogen) atoms. The van der Waals surface area contributed by atoms with Crippen molar-refractivity contribution in [3.05, 3.63) is 12.2 Å². The number of hydrogen-bond acceptors (Lipinski definition) is 3. The third-order valence-electron chi connectivity index (χ3n) is 0.735. The fraction of sp³-hybridized carbons (Fsp3) is 0.429. The minimum absolute atomic E-state index is 0.0489. The molecule has 0 spiro atoms. The van der Waals surface area contributed by atoms with Crippen molar-refractivity contribution < 1.29 is 14.3 Å². The molecular weight excluding hydrogens is 132 g/mol. The highest BCUT2D eigenvalue weighted by atomic mass is 16.5. The molecule has 0 fully saturated rings. The van der Waals surface area contributed by atoms with Crippen molar-refractivity contribution in [2.24, 2.45) is 0 Å². The average molecular weight is 142 g/mol. The summed E-state index contributed by atoms with van der Waals surface area (Å²) in [4.78, 5) is 20.4. The molecule has 0 amide bonds. The van der Waals surface area contributed by atoms with E-state index in [4.69, 9.17) is 0 Å². The summed E-state index contributed by atoms with van der Waals surface area (Å²) < 4.78 is 4.51. The molecule has 0 aliphatic rings. The first-order chi connectivity index (χ1) is 4.63. The van der Waals surface area contributed by atoms with Gasteiger partial charge in [0.2, 0.25) is 0 Å². The molecule has 0 bridgehead atoms. The average Bonchev–Trinajstić information content (AvgIpc) is 1.79. The molecule has 56 valence electrons. The Morgan fingerprint density at radius 2 is 2.00 bits per heavy atom. The third kappa shape index (κ3) is 6.88. The molecule has 3 heteroatoms. The number of allylic oxidation sites excluding steroid dienone is 1. The Morgan fingerprint density at radius 3 is 2.40 bits per heavy atom. The molecule has 0 saturated carbocycles. The Hall–Kier alpha value is -1.12. The van der Waals surface area contributed by atoms with E-state index in [1.807, 2.05) is 0 Å². The number of ketones is 1. The highest BCUT2D eigenvalue weighted by molar-refractivity contribution is 5.87. The van der Waals surface area contributed by atoms with Crippen LogP contribution in [-0.4, -0.2) is 18.4 Å². The lowest BCUT2D eigenvalue weighted by Crippen LogP contribution is -1.97. The second kappa shape index (κ2) is 4.73. The van der Waals surface area contributed by atoms with Crippen molar-refractivity contribution in [3.8, 4) is 0 Å². The Labute approximate surface area is 59.7 Å². The fourth-order valence-electron chi connectivity index (χ4n) is 0.380. The molecule has 0 aromatic rings. The van der Waals surface area contributed by atoms with E-state index < -0.39 is 0 Å². The number of ether oxygens (including phenoxy) is 1. The molecule has 0 saturated heterocycles. The van der Waals surface area contributed by atoms with E-state index in [1.165, 1.54) is 26.0 Å². The molecule has 0 aromatic carbocycles. The van der Waals surface area contributed by atoms with Gasteiger partial charge in [0.15, 0.2) is 5.78 Å². The SMILES string of the molecule is CC(=O)/C=C/COC(C)=O. The van der Waals surface area contributed by atoms with Crippen molar-refractivity contribution in [3.63, 3.8) is 0 Å². The van der Waals surface area contributed by atoms with Gasteiger partial charge in [-0.25, -0.2) is 0 Å². The third-order valence-corrected chi connectivity index (χ3v) is 0.735. The first-order valence-corrected chi connectivity index (χ1v) is 2.93. The molecule has 0 aromatic heterocycles. The molecule has 3 nitrogen and oxygen atoms in total. The second-order valence-electron chi connectivity index (χ2n) is 1.82. The van der Waals surface area contributed by atoms with Crippen LogP contribution in [-0.2, 0) is 14.3 Å². The summed E-state index contributed by atoms with van der Waals surface area (Å²) in [5.41, 5.74) is 0. The van der Waals surface area contributed by atoms with Crippen molar-refractivity contribution >= 4 is 11.8 Å². The van der Waals surface area contributed by atoms with Crippen LogP contribution in [0.5, 0.6) is 0 Å². The molecule has 0 rings (SSSR count). The summed E-state index contributed by atoms with van der Waals surface area (Å²) >= 11 is 0. The van der Waals surface area contributed by atoms with Gasteiger partial charge in [-0.1, -0.05) is 0 Å². The number of rotatable bonds is 3. The standard InChI is InChI=1S/C7H10O3/c1-6(8)4-3-5-10-7(2)9/h3-4H,5H2,1-2H3/b4-3+. The van der Waals surface area contributed by atoms with Gasteiger partial charge < -0.3 is 4.74 Å². The normalized spacial score (nSPS) is 9.80. The highest BCUT2D eigenvalue weighted by Crippen LogP contribution is 1.79. The Morgan fingerprint density at radius 1 is 1.40 bits per heavy atom. The van der Waals surface area contributed by atoms with E-state index in [0.29, 0.717) is 0 Å². The minimum Gasteiger partial charge on any atom is -0.462 e. The Kier molecular flexibility index (Phi) is 4.20. The number of esters is 1. The fourth-order valence-corrected chi connectivity index (χ4v) is 0.380. The number of hydrogen-bond donors (Lipinski definition) is 0. The van der Waals surface area contributed by atoms with Gasteiger partial charge in [-0.3, -0.25) is 9.59 Å². The van der Waals surface area contributed by atoms with Crippen LogP contribution in [0.2, 0.25) is 0 Å². The molecule has 0 aliphatic heterocycles. The van der Waals surface area contributed by atoms with Gasteiger partial charge in [0.05, 0.1) is 0 Å². The van der Waals surface area contributed by atoms with E-state index in [9.17, 15) is 9.59 Å². The van der Waals surface area contributed by atoms with Crippen LogP contribution in [0.25, 0.3) is 0 Å². The zero-order valence-corrected chi connectivity index (χ0v) is 6.09. The van der Waals surface area contributed by atoms with E-state index in [1.54, 1.807) is 0 Å². The maximum atomic E-state index is 10.3. The molecule has 0 radical (unpaired) electrons. The van der Waals surface area contributed by atoms with Crippen LogP contribution in [0.3, 0.4) is 0 Å². The van der Waals surface area contributed by atoms with Gasteiger partial charge in [0, 0.05) is 6.92 Å². The maximum Gasteiger partial charge on any atom is 0.302 e. The van der Waals surface area contributed by atoms with E-state index >= 15 is 0 Å². The van der Waals surface area contributed by atoms with Crippen molar-refractivity contribution in [2.45, 2.75) is 13.8 Å². The summed E-state index contributed by atoms with van der Waals surface area (Å²) in [5, 5.41) is 0. The molecule has 0 atom stereocenters. The Bertz CT molecular complexity index is 158. The van der Waals surface area contributed by atoms with Gasteiger partial charge in [-0.05, 0) is 19.1 Å². The number of carbonyl (C=O) groups excluding carboxylic acids is 2. The smallest absolute Gasteiger partial charge is 0.302 e. The van der Waals surface area contributed by atoms with Gasteiger partial charge in [0.1, 0.15) is 6.61 Å². The number of carbonyl (C=O) groups is 2. The van der Waals surface area contributed by atoms with E-state index in [2.05, 4.69) is 4.74 Å². The summed E-state index contributed by atoms with van der Waals surface area (Å²) in [6, 6.07) is 0. The molecule has 0 N–H and O–H groups in total. The largest absolute Gasteiger partial charge is 0.462 e. The summed E-state index contributed by atoms with van der Waals surface area (Å²) in [6.45, 7) is 2.93. The van der Waals surface area contributed by atoms with Crippen molar-refractivity contribution in [2.75, 3.05) is 6.61 Å². The maximum absolute atomic E-state index is 10.3.